The molecule has 2 aliphatic rings. The van der Waals surface area contributed by atoms with E-state index in [1.165, 1.54) is 43.9 Å². The summed E-state index contributed by atoms with van der Waals surface area (Å²) in [6.07, 6.45) is 3.56. The number of likely N-dealkylation sites (N-methyl/N-ethyl adjacent to an activating group) is 1. The predicted octanol–water partition coefficient (Wildman–Crippen LogP) is 2.77. The Morgan fingerprint density at radius 1 is 1.10 bits per heavy atom. The number of halogens is 1. The van der Waals surface area contributed by atoms with Gasteiger partial charge < -0.3 is 25.3 Å². The zero-order valence-corrected chi connectivity index (χ0v) is 21.4. The van der Waals surface area contributed by atoms with Crippen molar-refractivity contribution in [2.45, 2.75) is 39.2 Å². The summed E-state index contributed by atoms with van der Waals surface area (Å²) in [5.74, 6) is 0.971. The number of rotatable bonds is 7. The highest BCUT2D eigenvalue weighted by Crippen LogP contribution is 2.20. The van der Waals surface area contributed by atoms with Gasteiger partial charge in [-0.05, 0) is 71.9 Å². The lowest BCUT2D eigenvalue weighted by molar-refractivity contribution is 0.275. The van der Waals surface area contributed by atoms with Gasteiger partial charge in [0.05, 0.1) is 0 Å². The summed E-state index contributed by atoms with van der Waals surface area (Å²) < 4.78 is 0. The first-order chi connectivity index (χ1) is 14.1. The van der Waals surface area contributed by atoms with Gasteiger partial charge in [0.1, 0.15) is 0 Å². The molecule has 2 N–H and O–H groups in total. The first-order valence-electron chi connectivity index (χ1n) is 11.4. The van der Waals surface area contributed by atoms with Gasteiger partial charge in [-0.25, -0.2) is 0 Å². The first-order valence-corrected chi connectivity index (χ1v) is 11.4. The molecule has 1 aromatic rings. The Bertz CT molecular complexity index is 635. The van der Waals surface area contributed by atoms with Crippen LogP contribution in [-0.4, -0.2) is 87.8 Å². The maximum Gasteiger partial charge on any atom is 0.191 e. The molecule has 2 aliphatic heterocycles. The lowest BCUT2D eigenvalue weighted by atomic mass is 10.2. The fourth-order valence-corrected chi connectivity index (χ4v) is 4.19. The van der Waals surface area contributed by atoms with Crippen LogP contribution in [0.2, 0.25) is 0 Å². The Morgan fingerprint density at radius 2 is 1.90 bits per heavy atom. The Balaban J connectivity index is 0.00000320. The highest BCUT2D eigenvalue weighted by molar-refractivity contribution is 14.0. The van der Waals surface area contributed by atoms with Crippen molar-refractivity contribution in [3.63, 3.8) is 0 Å². The molecule has 0 spiro atoms. The van der Waals surface area contributed by atoms with Crippen LogP contribution in [-0.2, 0) is 0 Å². The summed E-state index contributed by atoms with van der Waals surface area (Å²) in [5.41, 5.74) is 2.64. The van der Waals surface area contributed by atoms with E-state index in [1.54, 1.807) is 0 Å². The molecule has 170 valence electrons. The molecule has 2 saturated heterocycles. The third-order valence-corrected chi connectivity index (χ3v) is 5.99. The van der Waals surface area contributed by atoms with Crippen molar-refractivity contribution in [2.75, 3.05) is 70.9 Å². The molecule has 0 radical (unpaired) electrons. The van der Waals surface area contributed by atoms with Crippen LogP contribution in [0.3, 0.4) is 0 Å². The van der Waals surface area contributed by atoms with E-state index in [9.17, 15) is 0 Å². The average Bonchev–Trinajstić information content (AvgIpc) is 3.07. The predicted molar refractivity (Wildman–Crippen MR) is 139 cm³/mol. The summed E-state index contributed by atoms with van der Waals surface area (Å²) >= 11 is 0. The third-order valence-electron chi connectivity index (χ3n) is 5.99. The molecule has 6 nitrogen and oxygen atoms in total. The Kier molecular flexibility index (Phi) is 11.2. The minimum Gasteiger partial charge on any atom is -0.369 e. The highest BCUT2D eigenvalue weighted by atomic mass is 127. The van der Waals surface area contributed by atoms with Crippen LogP contribution >= 0.6 is 24.0 Å². The van der Waals surface area contributed by atoms with Crippen LogP contribution in [0, 0.1) is 6.92 Å². The van der Waals surface area contributed by atoms with Crippen LogP contribution in [0.1, 0.15) is 31.7 Å². The van der Waals surface area contributed by atoms with E-state index < -0.39 is 0 Å². The SMILES string of the molecule is CCNC(=NCCCN1CCCN(C)CC1)NC1CCN(c2ccc(C)cc2)C1.I. The minimum absolute atomic E-state index is 0. The standard InChI is InChI=1S/C23H40N6.HI/c1-4-24-23(25-12-5-14-28-15-6-13-27(3)17-18-28)26-21-11-16-29(19-21)22-9-7-20(2)8-10-22;/h7-10,21H,4-6,11-19H2,1-3H3,(H2,24,25,26);1H. The van der Waals surface area contributed by atoms with Gasteiger partial charge in [0.15, 0.2) is 5.96 Å². The molecular formula is C23H41IN6. The molecule has 1 atom stereocenters. The van der Waals surface area contributed by atoms with Crippen molar-refractivity contribution < 1.29 is 0 Å². The molecular weight excluding hydrogens is 487 g/mol. The van der Waals surface area contributed by atoms with Gasteiger partial charge in [-0.15, -0.1) is 24.0 Å². The molecule has 0 saturated carbocycles. The number of anilines is 1. The third kappa shape index (κ3) is 8.23. The summed E-state index contributed by atoms with van der Waals surface area (Å²) in [6, 6.07) is 9.32. The number of hydrogen-bond donors (Lipinski definition) is 2. The summed E-state index contributed by atoms with van der Waals surface area (Å²) in [6.45, 7) is 14.2. The monoisotopic (exact) mass is 528 g/mol. The molecule has 2 heterocycles. The summed E-state index contributed by atoms with van der Waals surface area (Å²) in [4.78, 5) is 12.3. The average molecular weight is 529 g/mol. The molecule has 1 unspecified atom stereocenters. The largest absolute Gasteiger partial charge is 0.369 e. The molecule has 0 aliphatic carbocycles. The molecule has 0 bridgehead atoms. The number of hydrogen-bond acceptors (Lipinski definition) is 4. The van der Waals surface area contributed by atoms with Gasteiger partial charge in [0.2, 0.25) is 0 Å². The van der Waals surface area contributed by atoms with Crippen LogP contribution in [0.25, 0.3) is 0 Å². The second-order valence-electron chi connectivity index (χ2n) is 8.52. The van der Waals surface area contributed by atoms with Crippen LogP contribution in [0.15, 0.2) is 29.3 Å². The maximum atomic E-state index is 4.85. The van der Waals surface area contributed by atoms with Crippen molar-refractivity contribution in [3.8, 4) is 0 Å². The van der Waals surface area contributed by atoms with E-state index >= 15 is 0 Å². The normalized spacial score (nSPS) is 21.2. The van der Waals surface area contributed by atoms with E-state index in [0.717, 1.165) is 51.5 Å². The smallest absolute Gasteiger partial charge is 0.191 e. The summed E-state index contributed by atoms with van der Waals surface area (Å²) in [7, 11) is 2.23. The van der Waals surface area contributed by atoms with Gasteiger partial charge in [-0.3, -0.25) is 4.99 Å². The highest BCUT2D eigenvalue weighted by Gasteiger charge is 2.23. The van der Waals surface area contributed by atoms with Crippen LogP contribution in [0.5, 0.6) is 0 Å². The molecule has 3 rings (SSSR count). The van der Waals surface area contributed by atoms with E-state index in [0.29, 0.717) is 6.04 Å². The van der Waals surface area contributed by atoms with Crippen molar-refractivity contribution in [1.82, 2.24) is 20.4 Å². The van der Waals surface area contributed by atoms with Crippen molar-refractivity contribution in [1.29, 1.82) is 0 Å². The fourth-order valence-electron chi connectivity index (χ4n) is 4.19. The maximum absolute atomic E-state index is 4.85. The molecule has 1 aromatic carbocycles. The number of benzene rings is 1. The van der Waals surface area contributed by atoms with Gasteiger partial charge in [-0.1, -0.05) is 17.7 Å². The van der Waals surface area contributed by atoms with Gasteiger partial charge in [0.25, 0.3) is 0 Å². The lowest BCUT2D eigenvalue weighted by Crippen LogP contribution is -2.44. The zero-order valence-electron chi connectivity index (χ0n) is 19.1. The fraction of sp³-hybridized carbons (Fsp3) is 0.696. The van der Waals surface area contributed by atoms with Crippen molar-refractivity contribution in [2.24, 2.45) is 4.99 Å². The molecule has 30 heavy (non-hydrogen) atoms. The molecule has 0 amide bonds. The van der Waals surface area contributed by atoms with Gasteiger partial charge in [-0.2, -0.15) is 0 Å². The Labute approximate surface area is 200 Å². The topological polar surface area (TPSA) is 46.1 Å². The zero-order chi connectivity index (χ0) is 20.5. The van der Waals surface area contributed by atoms with Crippen molar-refractivity contribution >= 4 is 35.6 Å². The molecule has 7 heteroatoms. The summed E-state index contributed by atoms with van der Waals surface area (Å²) in [5, 5.41) is 7.09. The first kappa shape index (κ1) is 25.2. The van der Waals surface area contributed by atoms with E-state index in [1.807, 2.05) is 0 Å². The van der Waals surface area contributed by atoms with Crippen LogP contribution < -0.4 is 15.5 Å². The lowest BCUT2D eigenvalue weighted by Gasteiger charge is -2.21. The number of aryl methyl sites for hydroxylation is 1. The molecule has 2 fully saturated rings. The second kappa shape index (κ2) is 13.4. The van der Waals surface area contributed by atoms with E-state index in [2.05, 4.69) is 70.5 Å². The Hall–Kier alpha value is -1.06. The number of nitrogens with one attached hydrogen (secondary N) is 2. The second-order valence-corrected chi connectivity index (χ2v) is 8.52. The minimum atomic E-state index is 0. The number of nitrogens with zero attached hydrogens (tertiary/aromatic N) is 4. The van der Waals surface area contributed by atoms with Crippen molar-refractivity contribution in [3.05, 3.63) is 29.8 Å². The molecule has 0 aromatic heterocycles. The Morgan fingerprint density at radius 3 is 2.67 bits per heavy atom. The van der Waals surface area contributed by atoms with Gasteiger partial charge in [0, 0.05) is 51.0 Å². The number of guanidine groups is 1. The van der Waals surface area contributed by atoms with E-state index in [4.69, 9.17) is 4.99 Å². The quantitative estimate of drug-likeness (QED) is 0.247. The van der Waals surface area contributed by atoms with E-state index in [-0.39, 0.29) is 24.0 Å². The van der Waals surface area contributed by atoms with Crippen LogP contribution in [0.4, 0.5) is 5.69 Å². The number of aliphatic imine (C=N–C) groups is 1. The van der Waals surface area contributed by atoms with Gasteiger partial charge >= 0.3 is 0 Å².